The summed E-state index contributed by atoms with van der Waals surface area (Å²) >= 11 is 1.46. The van der Waals surface area contributed by atoms with Gasteiger partial charge in [0.15, 0.2) is 5.13 Å². The van der Waals surface area contributed by atoms with Crippen molar-refractivity contribution in [3.05, 3.63) is 59.2 Å². The summed E-state index contributed by atoms with van der Waals surface area (Å²) in [6.45, 7) is 4.59. The highest BCUT2D eigenvalue weighted by molar-refractivity contribution is 7.22. The number of thiazole rings is 1. The van der Waals surface area contributed by atoms with Gasteiger partial charge in [-0.2, -0.15) is 5.10 Å². The van der Waals surface area contributed by atoms with E-state index in [1.165, 1.54) is 16.3 Å². The van der Waals surface area contributed by atoms with Crippen molar-refractivity contribution in [2.45, 2.75) is 33.1 Å². The second-order valence-corrected chi connectivity index (χ2v) is 8.12. The summed E-state index contributed by atoms with van der Waals surface area (Å²) in [5, 5.41) is 9.30. The van der Waals surface area contributed by atoms with Crippen LogP contribution in [-0.2, 0) is 9.59 Å². The zero-order chi connectivity index (χ0) is 20.4. The summed E-state index contributed by atoms with van der Waals surface area (Å²) in [4.78, 5) is 29.3. The van der Waals surface area contributed by atoms with Crippen LogP contribution in [0.3, 0.4) is 0 Å². The highest BCUT2D eigenvalue weighted by Crippen LogP contribution is 2.31. The van der Waals surface area contributed by atoms with Crippen LogP contribution in [0.2, 0.25) is 0 Å². The van der Waals surface area contributed by atoms with Crippen LogP contribution in [-0.4, -0.2) is 34.1 Å². The van der Waals surface area contributed by atoms with Crippen LogP contribution in [0.25, 0.3) is 10.2 Å². The number of nitrogens with zero attached hydrogens (tertiary/aromatic N) is 3. The Balaban J connectivity index is 1.34. The number of anilines is 1. The van der Waals surface area contributed by atoms with E-state index < -0.39 is 0 Å². The van der Waals surface area contributed by atoms with Crippen molar-refractivity contribution in [1.29, 1.82) is 0 Å². The molecule has 7 heteroatoms. The molecule has 1 aliphatic rings. The van der Waals surface area contributed by atoms with Crippen molar-refractivity contribution in [2.75, 3.05) is 11.9 Å². The largest absolute Gasteiger partial charge is 0.302 e. The van der Waals surface area contributed by atoms with Gasteiger partial charge in [0.1, 0.15) is 0 Å². The molecule has 0 saturated heterocycles. The average molecular weight is 407 g/mol. The molecule has 1 aromatic heterocycles. The SMILES string of the molecule is Cc1ccc(C)c2sc(NC(=O)CCC(=O)N3CCC(c4ccccc4)=N3)nc12. The molecule has 3 aromatic rings. The van der Waals surface area contributed by atoms with Gasteiger partial charge in [0, 0.05) is 19.3 Å². The maximum atomic E-state index is 12.4. The van der Waals surface area contributed by atoms with Gasteiger partial charge >= 0.3 is 0 Å². The Labute approximate surface area is 173 Å². The summed E-state index contributed by atoms with van der Waals surface area (Å²) < 4.78 is 1.08. The third-order valence-corrected chi connectivity index (χ3v) is 6.06. The van der Waals surface area contributed by atoms with Crippen molar-refractivity contribution < 1.29 is 9.59 Å². The number of amides is 2. The number of hydrogen-bond acceptors (Lipinski definition) is 5. The van der Waals surface area contributed by atoms with E-state index in [9.17, 15) is 9.59 Å². The fraction of sp³-hybridized carbons (Fsp3) is 0.273. The fourth-order valence-electron chi connectivity index (χ4n) is 3.31. The zero-order valence-electron chi connectivity index (χ0n) is 16.4. The van der Waals surface area contributed by atoms with E-state index in [1.807, 2.05) is 50.2 Å². The lowest BCUT2D eigenvalue weighted by atomic mass is 10.1. The molecule has 0 bridgehead atoms. The Morgan fingerprint density at radius 3 is 2.59 bits per heavy atom. The van der Waals surface area contributed by atoms with Gasteiger partial charge in [0.25, 0.3) is 0 Å². The lowest BCUT2D eigenvalue weighted by molar-refractivity contribution is -0.132. The monoisotopic (exact) mass is 406 g/mol. The quantitative estimate of drug-likeness (QED) is 0.688. The Bertz CT molecular complexity index is 1070. The van der Waals surface area contributed by atoms with Gasteiger partial charge in [0.2, 0.25) is 11.8 Å². The maximum Gasteiger partial charge on any atom is 0.243 e. The summed E-state index contributed by atoms with van der Waals surface area (Å²) in [6, 6.07) is 13.9. The number of nitrogens with one attached hydrogen (secondary N) is 1. The van der Waals surface area contributed by atoms with Gasteiger partial charge in [-0.3, -0.25) is 9.59 Å². The lowest BCUT2D eigenvalue weighted by Crippen LogP contribution is -2.24. The summed E-state index contributed by atoms with van der Waals surface area (Å²) in [6.07, 6.45) is 0.964. The molecule has 1 N–H and O–H groups in total. The third kappa shape index (κ3) is 4.19. The van der Waals surface area contributed by atoms with Gasteiger partial charge in [0.05, 0.1) is 22.5 Å². The number of carbonyl (C=O) groups is 2. The number of rotatable bonds is 5. The summed E-state index contributed by atoms with van der Waals surface area (Å²) in [5.74, 6) is -0.346. The molecular formula is C22H22N4O2S. The van der Waals surface area contributed by atoms with Gasteiger partial charge < -0.3 is 5.32 Å². The molecule has 6 nitrogen and oxygen atoms in total. The minimum Gasteiger partial charge on any atom is -0.302 e. The molecule has 4 rings (SSSR count). The molecule has 2 heterocycles. The number of benzene rings is 2. The van der Waals surface area contributed by atoms with Crippen LogP contribution >= 0.6 is 11.3 Å². The van der Waals surface area contributed by atoms with E-state index in [-0.39, 0.29) is 24.7 Å². The Morgan fingerprint density at radius 2 is 1.83 bits per heavy atom. The number of aromatic nitrogens is 1. The molecule has 2 aromatic carbocycles. The number of hydrogen-bond donors (Lipinski definition) is 1. The van der Waals surface area contributed by atoms with Crippen molar-refractivity contribution in [3.8, 4) is 0 Å². The zero-order valence-corrected chi connectivity index (χ0v) is 17.3. The van der Waals surface area contributed by atoms with Crippen molar-refractivity contribution in [3.63, 3.8) is 0 Å². The summed E-state index contributed by atoms with van der Waals surface area (Å²) in [5.41, 5.74) is 5.07. The van der Waals surface area contributed by atoms with Gasteiger partial charge in [-0.15, -0.1) is 0 Å². The van der Waals surface area contributed by atoms with Crippen molar-refractivity contribution >= 4 is 44.2 Å². The topological polar surface area (TPSA) is 74.7 Å². The van der Waals surface area contributed by atoms with E-state index >= 15 is 0 Å². The standard InChI is InChI=1S/C22H22N4O2S/c1-14-8-9-15(2)21-20(14)24-22(29-21)23-18(27)10-11-19(28)26-13-12-17(25-26)16-6-4-3-5-7-16/h3-9H,10-13H2,1-2H3,(H,23,24,27). The highest BCUT2D eigenvalue weighted by Gasteiger charge is 2.22. The minimum absolute atomic E-state index is 0.111. The first-order valence-corrected chi connectivity index (χ1v) is 10.4. The molecule has 148 valence electrons. The van der Waals surface area contributed by atoms with Gasteiger partial charge in [-0.25, -0.2) is 9.99 Å². The van der Waals surface area contributed by atoms with E-state index in [2.05, 4.69) is 21.5 Å². The van der Waals surface area contributed by atoms with E-state index in [0.717, 1.165) is 39.0 Å². The first-order valence-electron chi connectivity index (χ1n) is 9.61. The third-order valence-electron chi connectivity index (χ3n) is 4.95. The predicted octanol–water partition coefficient (Wildman–Crippen LogP) is 4.27. The molecule has 0 saturated carbocycles. The number of fused-ring (bicyclic) bond motifs is 1. The second kappa shape index (κ2) is 8.13. The Kier molecular flexibility index (Phi) is 5.40. The first-order chi connectivity index (χ1) is 14.0. The Morgan fingerprint density at radius 1 is 1.07 bits per heavy atom. The molecule has 0 radical (unpaired) electrons. The minimum atomic E-state index is -0.209. The molecular weight excluding hydrogens is 384 g/mol. The summed E-state index contributed by atoms with van der Waals surface area (Å²) in [7, 11) is 0. The molecule has 0 fully saturated rings. The molecule has 1 aliphatic heterocycles. The van der Waals surface area contributed by atoms with Crippen LogP contribution < -0.4 is 5.32 Å². The van der Waals surface area contributed by atoms with E-state index in [0.29, 0.717) is 11.7 Å². The van der Waals surface area contributed by atoms with Gasteiger partial charge in [-0.1, -0.05) is 53.8 Å². The first kappa shape index (κ1) is 19.3. The number of hydrazone groups is 1. The molecule has 0 atom stereocenters. The lowest BCUT2D eigenvalue weighted by Gasteiger charge is -2.10. The van der Waals surface area contributed by atoms with Crippen LogP contribution in [0.4, 0.5) is 5.13 Å². The molecule has 0 aliphatic carbocycles. The number of carbonyl (C=O) groups excluding carboxylic acids is 2. The smallest absolute Gasteiger partial charge is 0.243 e. The van der Waals surface area contributed by atoms with Crippen LogP contribution in [0.15, 0.2) is 47.6 Å². The van der Waals surface area contributed by atoms with Crippen LogP contribution in [0, 0.1) is 13.8 Å². The maximum absolute atomic E-state index is 12.4. The van der Waals surface area contributed by atoms with E-state index in [4.69, 9.17) is 0 Å². The Hall–Kier alpha value is -3.06. The molecule has 0 unspecified atom stereocenters. The van der Waals surface area contributed by atoms with E-state index in [1.54, 1.807) is 0 Å². The highest BCUT2D eigenvalue weighted by atomic mass is 32.1. The normalized spacial score (nSPS) is 13.6. The van der Waals surface area contributed by atoms with Crippen LogP contribution in [0.1, 0.15) is 36.0 Å². The predicted molar refractivity (Wildman–Crippen MR) is 116 cm³/mol. The average Bonchev–Trinajstić information content (AvgIpc) is 3.38. The molecule has 0 spiro atoms. The number of aryl methyl sites for hydroxylation is 2. The molecule has 2 amide bonds. The second-order valence-electron chi connectivity index (χ2n) is 7.12. The van der Waals surface area contributed by atoms with Crippen LogP contribution in [0.5, 0.6) is 0 Å². The molecule has 29 heavy (non-hydrogen) atoms. The van der Waals surface area contributed by atoms with Crippen molar-refractivity contribution in [1.82, 2.24) is 9.99 Å². The fourth-order valence-corrected chi connectivity index (χ4v) is 4.34. The van der Waals surface area contributed by atoms with Gasteiger partial charge in [-0.05, 0) is 30.5 Å². The van der Waals surface area contributed by atoms with Crippen molar-refractivity contribution in [2.24, 2.45) is 5.10 Å².